The van der Waals surface area contributed by atoms with Crippen LogP contribution in [0, 0.1) is 5.92 Å². The van der Waals surface area contributed by atoms with Gasteiger partial charge in [-0.05, 0) is 18.8 Å². The van der Waals surface area contributed by atoms with E-state index in [9.17, 15) is 0 Å². The highest BCUT2D eigenvalue weighted by Gasteiger charge is 2.39. The third-order valence-electron chi connectivity index (χ3n) is 2.84. The molecule has 2 unspecified atom stereocenters. The minimum atomic E-state index is 0.0828. The average Bonchev–Trinajstić information content (AvgIpc) is 2.33. The molecule has 0 spiro atoms. The third-order valence-corrected chi connectivity index (χ3v) is 2.84. The van der Waals surface area contributed by atoms with Crippen molar-refractivity contribution in [2.24, 2.45) is 11.7 Å². The summed E-state index contributed by atoms with van der Waals surface area (Å²) in [5.74, 6) is 0.584. The maximum Gasteiger partial charge on any atom is 0.0719 e. The highest BCUT2D eigenvalue weighted by Crippen LogP contribution is 2.35. The van der Waals surface area contributed by atoms with Gasteiger partial charge in [-0.25, -0.2) is 0 Å². The van der Waals surface area contributed by atoms with Gasteiger partial charge in [0.05, 0.1) is 12.2 Å². The summed E-state index contributed by atoms with van der Waals surface area (Å²) in [6, 6.07) is 0.261. The maximum absolute atomic E-state index is 5.80. The number of rotatable bonds is 2. The Labute approximate surface area is 69.1 Å². The molecule has 0 aromatic heterocycles. The van der Waals surface area contributed by atoms with Crippen LogP contribution in [0.1, 0.15) is 33.6 Å². The van der Waals surface area contributed by atoms with Gasteiger partial charge in [0.15, 0.2) is 0 Å². The summed E-state index contributed by atoms with van der Waals surface area (Å²) in [7, 11) is 0. The molecule has 1 saturated heterocycles. The Bertz CT molecular complexity index is 136. The van der Waals surface area contributed by atoms with Gasteiger partial charge in [0, 0.05) is 6.04 Å². The fourth-order valence-electron chi connectivity index (χ4n) is 1.89. The fourth-order valence-corrected chi connectivity index (χ4v) is 1.89. The van der Waals surface area contributed by atoms with E-state index in [1.165, 1.54) is 0 Å². The van der Waals surface area contributed by atoms with E-state index in [4.69, 9.17) is 10.5 Å². The van der Waals surface area contributed by atoms with Crippen molar-refractivity contribution in [3.63, 3.8) is 0 Å². The van der Waals surface area contributed by atoms with Gasteiger partial charge in [0.25, 0.3) is 0 Å². The summed E-state index contributed by atoms with van der Waals surface area (Å²) in [5, 5.41) is 0. The van der Waals surface area contributed by atoms with Crippen molar-refractivity contribution in [3.8, 4) is 0 Å². The molecule has 2 atom stereocenters. The molecule has 0 amide bonds. The highest BCUT2D eigenvalue weighted by atomic mass is 16.5. The molecule has 0 bridgehead atoms. The van der Waals surface area contributed by atoms with Gasteiger partial charge in [-0.3, -0.25) is 0 Å². The molecule has 2 heteroatoms. The Morgan fingerprint density at radius 2 is 2.27 bits per heavy atom. The van der Waals surface area contributed by atoms with E-state index in [2.05, 4.69) is 20.8 Å². The summed E-state index contributed by atoms with van der Waals surface area (Å²) in [5.41, 5.74) is 5.88. The first-order chi connectivity index (χ1) is 5.10. The smallest absolute Gasteiger partial charge is 0.0719 e. The lowest BCUT2D eigenvalue weighted by atomic mass is 9.84. The van der Waals surface area contributed by atoms with Gasteiger partial charge in [-0.1, -0.05) is 20.8 Å². The predicted octanol–water partition coefficient (Wildman–Crippen LogP) is 1.54. The van der Waals surface area contributed by atoms with E-state index >= 15 is 0 Å². The normalized spacial score (nSPS) is 38.5. The van der Waals surface area contributed by atoms with E-state index in [1.807, 2.05) is 0 Å². The fraction of sp³-hybridized carbons (Fsp3) is 1.00. The van der Waals surface area contributed by atoms with Crippen molar-refractivity contribution in [1.29, 1.82) is 0 Å². The Kier molecular flexibility index (Phi) is 2.55. The topological polar surface area (TPSA) is 35.2 Å². The minimum Gasteiger partial charge on any atom is -0.373 e. The lowest BCUT2D eigenvalue weighted by molar-refractivity contribution is -0.0358. The van der Waals surface area contributed by atoms with Crippen molar-refractivity contribution in [2.75, 3.05) is 6.61 Å². The number of ether oxygens (including phenoxy) is 1. The van der Waals surface area contributed by atoms with E-state index in [1.54, 1.807) is 0 Å². The third kappa shape index (κ3) is 1.57. The zero-order chi connectivity index (χ0) is 8.48. The van der Waals surface area contributed by atoms with Crippen LogP contribution in [0.5, 0.6) is 0 Å². The van der Waals surface area contributed by atoms with Gasteiger partial charge >= 0.3 is 0 Å². The second kappa shape index (κ2) is 3.11. The van der Waals surface area contributed by atoms with Crippen molar-refractivity contribution in [3.05, 3.63) is 0 Å². The predicted molar refractivity (Wildman–Crippen MR) is 46.4 cm³/mol. The quantitative estimate of drug-likeness (QED) is 0.660. The molecule has 1 rings (SSSR count). The number of nitrogens with two attached hydrogens (primary N) is 1. The maximum atomic E-state index is 5.80. The van der Waals surface area contributed by atoms with Crippen LogP contribution < -0.4 is 5.73 Å². The Hall–Kier alpha value is -0.0800. The average molecular weight is 157 g/mol. The molecule has 0 radical (unpaired) electrons. The van der Waals surface area contributed by atoms with Crippen LogP contribution in [-0.2, 0) is 4.74 Å². The van der Waals surface area contributed by atoms with Crippen molar-refractivity contribution in [2.45, 2.75) is 45.3 Å². The number of hydrogen-bond donors (Lipinski definition) is 1. The molecule has 0 aromatic carbocycles. The first-order valence-electron chi connectivity index (χ1n) is 4.50. The van der Waals surface area contributed by atoms with E-state index in [-0.39, 0.29) is 11.6 Å². The van der Waals surface area contributed by atoms with Crippen molar-refractivity contribution in [1.82, 2.24) is 0 Å². The molecule has 66 valence electrons. The summed E-state index contributed by atoms with van der Waals surface area (Å²) in [6.07, 6.45) is 2.11. The molecule has 0 aliphatic carbocycles. The van der Waals surface area contributed by atoms with Crippen LogP contribution in [0.2, 0.25) is 0 Å². The van der Waals surface area contributed by atoms with E-state index in [0.717, 1.165) is 19.4 Å². The second-order valence-electron chi connectivity index (χ2n) is 3.85. The van der Waals surface area contributed by atoms with Crippen LogP contribution >= 0.6 is 0 Å². The van der Waals surface area contributed by atoms with Crippen LogP contribution in [0.15, 0.2) is 0 Å². The summed E-state index contributed by atoms with van der Waals surface area (Å²) in [6.45, 7) is 7.34. The molecule has 1 heterocycles. The van der Waals surface area contributed by atoms with Crippen molar-refractivity contribution >= 4 is 0 Å². The van der Waals surface area contributed by atoms with Gasteiger partial charge < -0.3 is 10.5 Å². The standard InChI is InChI=1S/C9H19NO/c1-4-9(7(2)3)5-8(10)6-11-9/h7-8H,4-6,10H2,1-3H3. The Morgan fingerprint density at radius 3 is 2.45 bits per heavy atom. The van der Waals surface area contributed by atoms with E-state index < -0.39 is 0 Å². The van der Waals surface area contributed by atoms with Crippen LogP contribution in [0.4, 0.5) is 0 Å². The van der Waals surface area contributed by atoms with Crippen LogP contribution in [-0.4, -0.2) is 18.2 Å². The summed E-state index contributed by atoms with van der Waals surface area (Å²) < 4.78 is 5.74. The molecule has 0 saturated carbocycles. The zero-order valence-corrected chi connectivity index (χ0v) is 7.76. The lowest BCUT2D eigenvalue weighted by Gasteiger charge is -2.31. The van der Waals surface area contributed by atoms with Gasteiger partial charge in [0.2, 0.25) is 0 Å². The summed E-state index contributed by atoms with van der Waals surface area (Å²) >= 11 is 0. The molecule has 1 aliphatic heterocycles. The number of hydrogen-bond acceptors (Lipinski definition) is 2. The first kappa shape index (κ1) is 9.01. The second-order valence-corrected chi connectivity index (χ2v) is 3.85. The van der Waals surface area contributed by atoms with Gasteiger partial charge in [-0.2, -0.15) is 0 Å². The van der Waals surface area contributed by atoms with Crippen LogP contribution in [0.25, 0.3) is 0 Å². The minimum absolute atomic E-state index is 0.0828. The van der Waals surface area contributed by atoms with Gasteiger partial charge in [-0.15, -0.1) is 0 Å². The Balaban J connectivity index is 2.62. The van der Waals surface area contributed by atoms with Crippen LogP contribution in [0.3, 0.4) is 0 Å². The molecular formula is C9H19NO. The van der Waals surface area contributed by atoms with E-state index in [0.29, 0.717) is 5.92 Å². The molecule has 0 aromatic rings. The molecule has 2 N–H and O–H groups in total. The van der Waals surface area contributed by atoms with Gasteiger partial charge in [0.1, 0.15) is 0 Å². The first-order valence-corrected chi connectivity index (χ1v) is 4.50. The largest absolute Gasteiger partial charge is 0.373 e. The SMILES string of the molecule is CCC1(C(C)C)CC(N)CO1. The summed E-state index contributed by atoms with van der Waals surface area (Å²) in [4.78, 5) is 0. The Morgan fingerprint density at radius 1 is 1.64 bits per heavy atom. The molecule has 1 aliphatic rings. The highest BCUT2D eigenvalue weighted by molar-refractivity contribution is 4.92. The molecule has 2 nitrogen and oxygen atoms in total. The van der Waals surface area contributed by atoms with Crippen molar-refractivity contribution < 1.29 is 4.74 Å². The lowest BCUT2D eigenvalue weighted by Crippen LogP contribution is -2.34. The molecule has 1 fully saturated rings. The molecular weight excluding hydrogens is 138 g/mol. The zero-order valence-electron chi connectivity index (χ0n) is 7.76. The molecule has 11 heavy (non-hydrogen) atoms. The monoisotopic (exact) mass is 157 g/mol.